The second kappa shape index (κ2) is 14.3. The lowest BCUT2D eigenvalue weighted by molar-refractivity contribution is -0.144. The molecule has 20 heteroatoms. The number of rotatable bonds is 9. The van der Waals surface area contributed by atoms with E-state index in [0.717, 1.165) is 18.4 Å². The Morgan fingerprint density at radius 3 is 2.47 bits per heavy atom. The number of carbonyl (C=O) groups is 1. The number of nitrogens with one attached hydrogen (secondary N) is 2. The first-order valence-electron chi connectivity index (χ1n) is 18.3. The summed E-state index contributed by atoms with van der Waals surface area (Å²) in [6.45, 7) is -0.904. The standard InChI is InChI=1S/C39H34F7N7O5S/c1-52-33-25(4-3-5-27(33)36(50-52)51-59(2,56)57)24-7-6-23(10-11-37(55)12-13-58-19-37)47-32(24)29(16-20-14-21(40)17-22(41)15-20)48-30(54)18-53-35-31(34(49-53)39(44,45)46)26-8-9-28(26)38(35,42)43/h3-7,14-15,17,26,28-29,55H,8-9,12-13,16,18-19H2,1-2H3,(H,48,54)(H,50,51)/t26-,28+,29-,37?/m0/s1. The molecule has 8 rings (SSSR count). The van der Waals surface area contributed by atoms with Gasteiger partial charge in [-0.1, -0.05) is 18.1 Å². The minimum Gasteiger partial charge on any atom is -0.377 e. The summed E-state index contributed by atoms with van der Waals surface area (Å²) in [6, 6.07) is 9.15. The van der Waals surface area contributed by atoms with Gasteiger partial charge in [0.2, 0.25) is 15.9 Å². The molecule has 4 atom stereocenters. The molecule has 1 saturated heterocycles. The van der Waals surface area contributed by atoms with Gasteiger partial charge in [0.1, 0.15) is 29.6 Å². The third-order valence-corrected chi connectivity index (χ3v) is 11.4. The fourth-order valence-corrected chi connectivity index (χ4v) is 8.69. The molecule has 12 nitrogen and oxygen atoms in total. The van der Waals surface area contributed by atoms with Gasteiger partial charge in [-0.2, -0.15) is 32.1 Å². The highest BCUT2D eigenvalue weighted by atomic mass is 32.2. The van der Waals surface area contributed by atoms with Gasteiger partial charge in [0.25, 0.3) is 5.92 Å². The molecule has 2 aliphatic carbocycles. The molecular weight excluding hydrogens is 812 g/mol. The minimum absolute atomic E-state index is 0.000789. The van der Waals surface area contributed by atoms with Crippen LogP contribution in [0.1, 0.15) is 65.1 Å². The topological polar surface area (TPSA) is 153 Å². The normalized spacial score (nSPS) is 21.3. The van der Waals surface area contributed by atoms with Crippen LogP contribution in [-0.4, -0.2) is 69.0 Å². The maximum absolute atomic E-state index is 15.7. The number of pyridine rings is 1. The van der Waals surface area contributed by atoms with Crippen LogP contribution in [0.4, 0.5) is 36.6 Å². The van der Waals surface area contributed by atoms with E-state index in [1.165, 1.54) is 10.7 Å². The van der Waals surface area contributed by atoms with Gasteiger partial charge in [0.05, 0.1) is 36.7 Å². The number of amides is 1. The van der Waals surface area contributed by atoms with Gasteiger partial charge in [-0.05, 0) is 67.0 Å². The summed E-state index contributed by atoms with van der Waals surface area (Å²) in [5.41, 5.74) is -3.51. The Bertz CT molecular complexity index is 2680. The average molecular weight is 846 g/mol. The lowest BCUT2D eigenvalue weighted by atomic mass is 9.73. The molecule has 0 bridgehead atoms. The highest BCUT2D eigenvalue weighted by Crippen LogP contribution is 2.64. The van der Waals surface area contributed by atoms with Gasteiger partial charge >= 0.3 is 6.18 Å². The Balaban J connectivity index is 1.27. The third kappa shape index (κ3) is 7.62. The van der Waals surface area contributed by atoms with Gasteiger partial charge in [0, 0.05) is 47.5 Å². The third-order valence-electron chi connectivity index (χ3n) is 10.8. The molecule has 310 valence electrons. The monoisotopic (exact) mass is 845 g/mol. The van der Waals surface area contributed by atoms with Gasteiger partial charge in [-0.3, -0.25) is 18.9 Å². The first-order chi connectivity index (χ1) is 27.7. The van der Waals surface area contributed by atoms with Crippen LogP contribution in [0.5, 0.6) is 0 Å². The SMILES string of the molecule is Cn1nc(NS(C)(=O)=O)c2cccc(-c3ccc(C#CC4(O)CCOC4)nc3[C@H](Cc3cc(F)cc(F)c3)NC(=O)Cn3nc(C(F)(F)F)c4c3C(F)(F)[C@@H]3CC[C@H]43)c21. The number of ether oxygens (including phenoxy) is 1. The molecule has 1 aliphatic heterocycles. The summed E-state index contributed by atoms with van der Waals surface area (Å²) in [6.07, 6.45) is -4.22. The maximum atomic E-state index is 15.7. The van der Waals surface area contributed by atoms with Crippen LogP contribution in [0.25, 0.3) is 22.0 Å². The van der Waals surface area contributed by atoms with Crippen LogP contribution in [-0.2, 0) is 51.7 Å². The molecule has 1 saturated carbocycles. The number of alkyl halides is 5. The number of sulfonamides is 1. The summed E-state index contributed by atoms with van der Waals surface area (Å²) in [5.74, 6) is -3.61. The van der Waals surface area contributed by atoms with E-state index >= 15 is 8.78 Å². The van der Waals surface area contributed by atoms with E-state index in [9.17, 15) is 40.3 Å². The molecule has 3 aromatic heterocycles. The smallest absolute Gasteiger partial charge is 0.377 e. The molecule has 0 radical (unpaired) electrons. The summed E-state index contributed by atoms with van der Waals surface area (Å²) >= 11 is 0. The van der Waals surface area contributed by atoms with Gasteiger partial charge < -0.3 is 15.2 Å². The number of para-hydroxylation sites is 1. The van der Waals surface area contributed by atoms with E-state index in [1.54, 1.807) is 31.3 Å². The fourth-order valence-electron chi connectivity index (χ4n) is 8.19. The summed E-state index contributed by atoms with van der Waals surface area (Å²) < 4.78 is 137. The first kappa shape index (κ1) is 40.3. The van der Waals surface area contributed by atoms with Gasteiger partial charge in [0.15, 0.2) is 17.1 Å². The largest absolute Gasteiger partial charge is 0.435 e. The van der Waals surface area contributed by atoms with Crippen molar-refractivity contribution in [3.05, 3.63) is 94.1 Å². The van der Waals surface area contributed by atoms with Crippen molar-refractivity contribution in [1.82, 2.24) is 29.9 Å². The molecule has 2 fully saturated rings. The van der Waals surface area contributed by atoms with Crippen LogP contribution in [0, 0.1) is 29.4 Å². The number of anilines is 1. The molecular formula is C39H34F7N7O5S. The van der Waals surface area contributed by atoms with Gasteiger partial charge in [-0.15, -0.1) is 0 Å². The summed E-state index contributed by atoms with van der Waals surface area (Å²) in [4.78, 5) is 18.7. The summed E-state index contributed by atoms with van der Waals surface area (Å²) in [7, 11) is -2.24. The van der Waals surface area contributed by atoms with Crippen molar-refractivity contribution in [3.63, 3.8) is 0 Å². The molecule has 1 unspecified atom stereocenters. The van der Waals surface area contributed by atoms with Crippen LogP contribution in [0.2, 0.25) is 0 Å². The Morgan fingerprint density at radius 2 is 1.83 bits per heavy atom. The van der Waals surface area contributed by atoms with Crippen molar-refractivity contribution >= 4 is 32.7 Å². The van der Waals surface area contributed by atoms with Crippen LogP contribution in [0.3, 0.4) is 0 Å². The lowest BCUT2D eigenvalue weighted by Crippen LogP contribution is -2.36. The van der Waals surface area contributed by atoms with Crippen molar-refractivity contribution in [3.8, 4) is 23.0 Å². The number of aryl methyl sites for hydroxylation is 1. The molecule has 5 aromatic rings. The number of hydrogen-bond donors (Lipinski definition) is 3. The van der Waals surface area contributed by atoms with E-state index in [1.807, 2.05) is 0 Å². The molecule has 3 N–H and O–H groups in total. The van der Waals surface area contributed by atoms with E-state index in [4.69, 9.17) is 9.72 Å². The van der Waals surface area contributed by atoms with E-state index in [0.29, 0.717) is 27.2 Å². The number of benzene rings is 2. The second-order valence-electron chi connectivity index (χ2n) is 15.0. The Morgan fingerprint density at radius 1 is 1.08 bits per heavy atom. The molecule has 1 amide bonds. The predicted octanol–water partition coefficient (Wildman–Crippen LogP) is 5.70. The van der Waals surface area contributed by atoms with Crippen LogP contribution >= 0.6 is 0 Å². The van der Waals surface area contributed by atoms with E-state index in [-0.39, 0.29) is 67.2 Å². The first-order valence-corrected chi connectivity index (χ1v) is 20.2. The second-order valence-corrected chi connectivity index (χ2v) is 16.8. The number of fused-ring (bicyclic) bond motifs is 4. The van der Waals surface area contributed by atoms with E-state index in [2.05, 4.69) is 32.1 Å². The van der Waals surface area contributed by atoms with E-state index < -0.39 is 86.6 Å². The highest BCUT2D eigenvalue weighted by Gasteiger charge is 2.63. The number of hydrogen-bond acceptors (Lipinski definition) is 8. The number of aromatic nitrogens is 5. The quantitative estimate of drug-likeness (QED) is 0.126. The van der Waals surface area contributed by atoms with Crippen molar-refractivity contribution in [1.29, 1.82) is 0 Å². The number of aliphatic hydroxyl groups is 1. The highest BCUT2D eigenvalue weighted by molar-refractivity contribution is 7.92. The van der Waals surface area contributed by atoms with Gasteiger partial charge in [-0.25, -0.2) is 22.2 Å². The van der Waals surface area contributed by atoms with Crippen LogP contribution in [0.15, 0.2) is 48.5 Å². The summed E-state index contributed by atoms with van der Waals surface area (Å²) in [5, 5.41) is 21.7. The van der Waals surface area contributed by atoms with Crippen molar-refractivity contribution in [2.45, 2.75) is 61.9 Å². The molecule has 4 heterocycles. The number of carbonyl (C=O) groups excluding carboxylic acids is 1. The molecule has 3 aliphatic rings. The zero-order valence-electron chi connectivity index (χ0n) is 31.2. The minimum atomic E-state index is -5.09. The molecule has 0 spiro atoms. The number of nitrogens with zero attached hydrogens (tertiary/aromatic N) is 5. The van der Waals surface area contributed by atoms with Crippen LogP contribution < -0.4 is 10.0 Å². The lowest BCUT2D eigenvalue weighted by Gasteiger charge is -2.34. The molecule has 59 heavy (non-hydrogen) atoms. The average Bonchev–Trinajstić information content (AvgIpc) is 3.83. The molecule has 2 aromatic carbocycles. The predicted molar refractivity (Wildman–Crippen MR) is 197 cm³/mol. The Labute approximate surface area is 331 Å². The van der Waals surface area contributed by atoms with Crippen molar-refractivity contribution in [2.75, 3.05) is 24.2 Å². The Kier molecular flexibility index (Phi) is 9.79. The Hall–Kier alpha value is -5.52. The zero-order valence-corrected chi connectivity index (χ0v) is 32.0. The zero-order chi connectivity index (χ0) is 42.2. The maximum Gasteiger partial charge on any atom is 0.435 e. The number of halogens is 7. The van der Waals surface area contributed by atoms with Crippen molar-refractivity contribution < 1.29 is 53.8 Å². The van der Waals surface area contributed by atoms with Crippen molar-refractivity contribution in [2.24, 2.45) is 13.0 Å². The fraction of sp³-hybridized carbons (Fsp3) is 0.385.